The standard InChI is InChI=1S/C12H17ClN2O/c13-11-10-7-9(16)5-6-15(10)12(14-11)8-3-1-2-4-8/h8-9,16H,1-7H2. The lowest BCUT2D eigenvalue weighted by Gasteiger charge is -2.22. The van der Waals surface area contributed by atoms with Gasteiger partial charge in [-0.05, 0) is 19.3 Å². The number of aliphatic hydroxyl groups excluding tert-OH is 1. The highest BCUT2D eigenvalue weighted by Crippen LogP contribution is 2.36. The average molecular weight is 241 g/mol. The molecule has 1 aromatic rings. The Hall–Kier alpha value is -0.540. The molecule has 1 aliphatic heterocycles. The van der Waals surface area contributed by atoms with Crippen LogP contribution in [-0.4, -0.2) is 20.8 Å². The number of nitrogens with zero attached hydrogens (tertiary/aromatic N) is 2. The molecule has 1 fully saturated rings. The SMILES string of the molecule is OC1CCn2c(C3CCCC3)nc(Cl)c2C1. The van der Waals surface area contributed by atoms with E-state index in [1.807, 2.05) is 0 Å². The molecule has 0 bridgehead atoms. The van der Waals surface area contributed by atoms with Crippen LogP contribution < -0.4 is 0 Å². The van der Waals surface area contributed by atoms with Gasteiger partial charge in [-0.25, -0.2) is 4.98 Å². The maximum atomic E-state index is 9.66. The predicted molar refractivity (Wildman–Crippen MR) is 62.8 cm³/mol. The van der Waals surface area contributed by atoms with Gasteiger partial charge >= 0.3 is 0 Å². The zero-order valence-electron chi connectivity index (χ0n) is 9.32. The predicted octanol–water partition coefficient (Wildman–Crippen LogP) is 2.50. The summed E-state index contributed by atoms with van der Waals surface area (Å²) < 4.78 is 2.26. The minimum absolute atomic E-state index is 0.238. The fourth-order valence-corrected chi connectivity index (χ4v) is 3.28. The molecule has 88 valence electrons. The lowest BCUT2D eigenvalue weighted by atomic mass is 10.0. The highest BCUT2D eigenvalue weighted by molar-refractivity contribution is 6.30. The normalized spacial score (nSPS) is 26.0. The molecule has 1 aliphatic carbocycles. The fourth-order valence-electron chi connectivity index (χ4n) is 3.02. The van der Waals surface area contributed by atoms with Gasteiger partial charge in [0, 0.05) is 18.9 Å². The molecule has 2 heterocycles. The molecule has 3 rings (SSSR count). The molecule has 0 amide bonds. The van der Waals surface area contributed by atoms with Gasteiger partial charge < -0.3 is 9.67 Å². The van der Waals surface area contributed by atoms with Crippen LogP contribution >= 0.6 is 11.6 Å². The Labute approximate surface area is 100 Å². The van der Waals surface area contributed by atoms with Crippen molar-refractivity contribution in [1.29, 1.82) is 0 Å². The van der Waals surface area contributed by atoms with Crippen molar-refractivity contribution in [2.24, 2.45) is 0 Å². The number of fused-ring (bicyclic) bond motifs is 1. The molecule has 0 aromatic carbocycles. The Morgan fingerprint density at radius 2 is 2.00 bits per heavy atom. The van der Waals surface area contributed by atoms with Gasteiger partial charge in [0.2, 0.25) is 0 Å². The van der Waals surface area contributed by atoms with E-state index in [-0.39, 0.29) is 6.10 Å². The fraction of sp³-hybridized carbons (Fsp3) is 0.750. The molecular weight excluding hydrogens is 224 g/mol. The third-order valence-corrected chi connectivity index (χ3v) is 4.19. The quantitative estimate of drug-likeness (QED) is 0.819. The highest BCUT2D eigenvalue weighted by Gasteiger charge is 2.28. The second-order valence-electron chi connectivity index (χ2n) is 4.99. The molecule has 16 heavy (non-hydrogen) atoms. The molecule has 1 unspecified atom stereocenters. The first-order chi connectivity index (χ1) is 7.75. The summed E-state index contributed by atoms with van der Waals surface area (Å²) in [7, 11) is 0. The van der Waals surface area contributed by atoms with Gasteiger partial charge in [0.05, 0.1) is 11.8 Å². The van der Waals surface area contributed by atoms with E-state index in [9.17, 15) is 5.11 Å². The monoisotopic (exact) mass is 240 g/mol. The Morgan fingerprint density at radius 1 is 1.25 bits per heavy atom. The molecule has 1 atom stereocenters. The smallest absolute Gasteiger partial charge is 0.150 e. The first-order valence-electron chi connectivity index (χ1n) is 6.18. The maximum Gasteiger partial charge on any atom is 0.150 e. The molecule has 1 saturated carbocycles. The first-order valence-corrected chi connectivity index (χ1v) is 6.56. The molecular formula is C12H17ClN2O. The van der Waals surface area contributed by atoms with E-state index in [0.29, 0.717) is 17.5 Å². The molecule has 1 N–H and O–H groups in total. The average Bonchev–Trinajstić information content (AvgIpc) is 2.87. The topological polar surface area (TPSA) is 38.0 Å². The second kappa shape index (κ2) is 4.04. The van der Waals surface area contributed by atoms with E-state index in [1.54, 1.807) is 0 Å². The van der Waals surface area contributed by atoms with Crippen LogP contribution in [0.5, 0.6) is 0 Å². The molecule has 4 heteroatoms. The van der Waals surface area contributed by atoms with Crippen LogP contribution in [0.3, 0.4) is 0 Å². The summed E-state index contributed by atoms with van der Waals surface area (Å²) in [5, 5.41) is 10.3. The molecule has 0 radical (unpaired) electrons. The summed E-state index contributed by atoms with van der Waals surface area (Å²) >= 11 is 6.16. The molecule has 0 spiro atoms. The Morgan fingerprint density at radius 3 is 2.75 bits per heavy atom. The third-order valence-electron chi connectivity index (χ3n) is 3.89. The number of hydrogen-bond donors (Lipinski definition) is 1. The van der Waals surface area contributed by atoms with Crippen molar-refractivity contribution >= 4 is 11.6 Å². The van der Waals surface area contributed by atoms with Gasteiger partial charge in [-0.1, -0.05) is 24.4 Å². The summed E-state index contributed by atoms with van der Waals surface area (Å²) in [4.78, 5) is 4.53. The number of hydrogen-bond acceptors (Lipinski definition) is 2. The van der Waals surface area contributed by atoms with Gasteiger partial charge in [0.25, 0.3) is 0 Å². The van der Waals surface area contributed by atoms with E-state index < -0.39 is 0 Å². The zero-order valence-corrected chi connectivity index (χ0v) is 10.1. The zero-order chi connectivity index (χ0) is 11.1. The van der Waals surface area contributed by atoms with Crippen molar-refractivity contribution in [3.63, 3.8) is 0 Å². The number of imidazole rings is 1. The highest BCUT2D eigenvalue weighted by atomic mass is 35.5. The van der Waals surface area contributed by atoms with Gasteiger partial charge in [-0.15, -0.1) is 0 Å². The molecule has 2 aliphatic rings. The van der Waals surface area contributed by atoms with Crippen molar-refractivity contribution in [2.75, 3.05) is 0 Å². The van der Waals surface area contributed by atoms with Crippen molar-refractivity contribution < 1.29 is 5.11 Å². The van der Waals surface area contributed by atoms with E-state index in [4.69, 9.17) is 11.6 Å². The van der Waals surface area contributed by atoms with Gasteiger partial charge in [0.15, 0.2) is 5.15 Å². The van der Waals surface area contributed by atoms with Crippen LogP contribution in [0.4, 0.5) is 0 Å². The van der Waals surface area contributed by atoms with Gasteiger partial charge in [-0.2, -0.15) is 0 Å². The minimum Gasteiger partial charge on any atom is -0.393 e. The molecule has 0 saturated heterocycles. The first kappa shape index (κ1) is 10.6. The minimum atomic E-state index is -0.238. The number of aromatic nitrogens is 2. The van der Waals surface area contributed by atoms with Crippen LogP contribution in [0.1, 0.15) is 49.5 Å². The molecule has 3 nitrogen and oxygen atoms in total. The van der Waals surface area contributed by atoms with Gasteiger partial charge in [-0.3, -0.25) is 0 Å². The van der Waals surface area contributed by atoms with Crippen molar-refractivity contribution in [3.8, 4) is 0 Å². The van der Waals surface area contributed by atoms with Crippen molar-refractivity contribution in [1.82, 2.24) is 9.55 Å². The Bertz CT molecular complexity index is 396. The Kier molecular flexibility index (Phi) is 2.68. The van der Waals surface area contributed by atoms with Gasteiger partial charge in [0.1, 0.15) is 5.82 Å². The number of rotatable bonds is 1. The lowest BCUT2D eigenvalue weighted by molar-refractivity contribution is 0.142. The van der Waals surface area contributed by atoms with Crippen molar-refractivity contribution in [2.45, 2.75) is 57.1 Å². The lowest BCUT2D eigenvalue weighted by Crippen LogP contribution is -2.24. The third kappa shape index (κ3) is 1.66. The summed E-state index contributed by atoms with van der Waals surface area (Å²) in [5.41, 5.74) is 1.04. The largest absolute Gasteiger partial charge is 0.393 e. The van der Waals surface area contributed by atoms with Crippen LogP contribution in [0.2, 0.25) is 5.15 Å². The number of aliphatic hydroxyl groups is 1. The van der Waals surface area contributed by atoms with Crippen molar-refractivity contribution in [3.05, 3.63) is 16.7 Å². The molecule has 1 aromatic heterocycles. The summed E-state index contributed by atoms with van der Waals surface area (Å²) in [5.74, 6) is 1.77. The van der Waals surface area contributed by atoms with E-state index >= 15 is 0 Å². The number of halogens is 1. The van der Waals surface area contributed by atoms with Crippen LogP contribution in [0, 0.1) is 0 Å². The van der Waals surface area contributed by atoms with E-state index in [0.717, 1.165) is 18.7 Å². The summed E-state index contributed by atoms with van der Waals surface area (Å²) in [6, 6.07) is 0. The second-order valence-corrected chi connectivity index (χ2v) is 5.35. The van der Waals surface area contributed by atoms with E-state index in [2.05, 4.69) is 9.55 Å². The summed E-state index contributed by atoms with van der Waals surface area (Å²) in [6.45, 7) is 0.877. The van der Waals surface area contributed by atoms with Crippen LogP contribution in [0.15, 0.2) is 0 Å². The Balaban J connectivity index is 1.97. The van der Waals surface area contributed by atoms with Crippen LogP contribution in [0.25, 0.3) is 0 Å². The maximum absolute atomic E-state index is 9.66. The van der Waals surface area contributed by atoms with E-state index in [1.165, 1.54) is 31.5 Å². The van der Waals surface area contributed by atoms with Crippen LogP contribution in [-0.2, 0) is 13.0 Å². The summed E-state index contributed by atoms with van der Waals surface area (Å²) in [6.07, 6.45) is 6.38.